The van der Waals surface area contributed by atoms with E-state index in [0.717, 1.165) is 23.6 Å². The number of nitrogens with two attached hydrogens (primary N) is 1. The number of halogens is 2. The van der Waals surface area contributed by atoms with Gasteiger partial charge in [-0.1, -0.05) is 19.3 Å². The molecule has 0 amide bonds. The van der Waals surface area contributed by atoms with Crippen LogP contribution in [-0.2, 0) is 10.0 Å². The van der Waals surface area contributed by atoms with Crippen LogP contribution in [0.5, 0.6) is 0 Å². The van der Waals surface area contributed by atoms with E-state index in [-0.39, 0.29) is 13.1 Å². The molecule has 1 saturated carbocycles. The third kappa shape index (κ3) is 4.15. The zero-order valence-corrected chi connectivity index (χ0v) is 10.6. The fourth-order valence-electron chi connectivity index (χ4n) is 2.19. The van der Waals surface area contributed by atoms with Crippen LogP contribution in [0, 0.1) is 0 Å². The predicted octanol–water partition coefficient (Wildman–Crippen LogP) is 1.17. The van der Waals surface area contributed by atoms with Crippen LogP contribution in [0.1, 0.15) is 32.1 Å². The zero-order chi connectivity index (χ0) is 12.9. The topological polar surface area (TPSA) is 63.4 Å². The molecule has 0 aromatic rings. The van der Waals surface area contributed by atoms with Crippen LogP contribution in [0.25, 0.3) is 0 Å². The molecular weight excluding hydrogens is 250 g/mol. The molecule has 0 aromatic carbocycles. The molecule has 4 nitrogen and oxygen atoms in total. The van der Waals surface area contributed by atoms with Crippen LogP contribution in [-0.4, -0.2) is 44.0 Å². The molecule has 1 rings (SSSR count). The first kappa shape index (κ1) is 14.8. The van der Waals surface area contributed by atoms with Crippen molar-refractivity contribution in [2.75, 3.05) is 19.6 Å². The molecule has 0 bridgehead atoms. The Morgan fingerprint density at radius 1 is 1.24 bits per heavy atom. The van der Waals surface area contributed by atoms with E-state index in [0.29, 0.717) is 12.8 Å². The molecular formula is C10H20F2N2O2S. The summed E-state index contributed by atoms with van der Waals surface area (Å²) in [6.07, 6.45) is 1.24. The van der Waals surface area contributed by atoms with E-state index in [9.17, 15) is 17.2 Å². The van der Waals surface area contributed by atoms with Gasteiger partial charge in [0.05, 0.1) is 11.8 Å². The van der Waals surface area contributed by atoms with Crippen LogP contribution >= 0.6 is 0 Å². The summed E-state index contributed by atoms with van der Waals surface area (Å²) in [7, 11) is -3.61. The van der Waals surface area contributed by atoms with Crippen molar-refractivity contribution in [3.8, 4) is 0 Å². The van der Waals surface area contributed by atoms with Crippen molar-refractivity contribution in [3.63, 3.8) is 0 Å². The van der Waals surface area contributed by atoms with Crippen molar-refractivity contribution in [3.05, 3.63) is 0 Å². The van der Waals surface area contributed by atoms with Crippen molar-refractivity contribution in [1.29, 1.82) is 0 Å². The zero-order valence-electron chi connectivity index (χ0n) is 9.82. The molecule has 0 aliphatic heterocycles. The SMILES string of the molecule is NCCN(CC(F)F)S(=O)(=O)C1CCCCC1. The van der Waals surface area contributed by atoms with Crippen molar-refractivity contribution in [1.82, 2.24) is 4.31 Å². The van der Waals surface area contributed by atoms with E-state index < -0.39 is 28.2 Å². The summed E-state index contributed by atoms with van der Waals surface area (Å²) in [5, 5.41) is -0.499. The maximum atomic E-state index is 12.4. The van der Waals surface area contributed by atoms with Crippen LogP contribution in [0.3, 0.4) is 0 Å². The predicted molar refractivity (Wildman–Crippen MR) is 62.4 cm³/mol. The molecule has 0 unspecified atom stereocenters. The molecule has 1 aliphatic rings. The number of nitrogens with zero attached hydrogens (tertiary/aromatic N) is 1. The third-order valence-corrected chi connectivity index (χ3v) is 5.42. The Hall–Kier alpha value is -0.270. The van der Waals surface area contributed by atoms with Crippen LogP contribution in [0.4, 0.5) is 8.78 Å². The van der Waals surface area contributed by atoms with Crippen molar-refractivity contribution < 1.29 is 17.2 Å². The smallest absolute Gasteiger partial charge is 0.252 e. The second-order valence-corrected chi connectivity index (χ2v) is 6.56. The summed E-state index contributed by atoms with van der Waals surface area (Å²) in [5.74, 6) is 0. The molecule has 0 heterocycles. The first-order valence-corrected chi connectivity index (χ1v) is 7.46. The lowest BCUT2D eigenvalue weighted by Crippen LogP contribution is -2.44. The molecule has 1 fully saturated rings. The molecule has 7 heteroatoms. The highest BCUT2D eigenvalue weighted by atomic mass is 32.2. The Labute approximate surface area is 101 Å². The van der Waals surface area contributed by atoms with Gasteiger partial charge in [0.2, 0.25) is 10.0 Å². The quantitative estimate of drug-likeness (QED) is 0.788. The second-order valence-electron chi connectivity index (χ2n) is 4.34. The average Bonchev–Trinajstić information content (AvgIpc) is 2.29. The molecule has 102 valence electrons. The normalized spacial score (nSPS) is 19.1. The van der Waals surface area contributed by atoms with Gasteiger partial charge in [0.25, 0.3) is 6.43 Å². The van der Waals surface area contributed by atoms with Crippen LogP contribution < -0.4 is 5.73 Å². The van der Waals surface area contributed by atoms with Gasteiger partial charge in [0.1, 0.15) is 0 Å². The van der Waals surface area contributed by atoms with Gasteiger partial charge in [-0.25, -0.2) is 17.2 Å². The minimum Gasteiger partial charge on any atom is -0.329 e. The third-order valence-electron chi connectivity index (χ3n) is 3.05. The largest absolute Gasteiger partial charge is 0.329 e. The Kier molecular flexibility index (Phi) is 5.75. The maximum Gasteiger partial charge on any atom is 0.252 e. The monoisotopic (exact) mass is 270 g/mol. The van der Waals surface area contributed by atoms with E-state index in [1.807, 2.05) is 0 Å². The van der Waals surface area contributed by atoms with Crippen LogP contribution in [0.15, 0.2) is 0 Å². The number of alkyl halides is 2. The number of hydrogen-bond acceptors (Lipinski definition) is 3. The molecule has 2 N–H and O–H groups in total. The summed E-state index contributed by atoms with van der Waals surface area (Å²) >= 11 is 0. The maximum absolute atomic E-state index is 12.4. The molecule has 0 radical (unpaired) electrons. The van der Waals surface area contributed by atoms with Crippen molar-refractivity contribution in [2.45, 2.75) is 43.8 Å². The minimum atomic E-state index is -3.61. The van der Waals surface area contributed by atoms with Crippen molar-refractivity contribution in [2.24, 2.45) is 5.73 Å². The van der Waals surface area contributed by atoms with Gasteiger partial charge in [0.15, 0.2) is 0 Å². The lowest BCUT2D eigenvalue weighted by molar-refractivity contribution is 0.120. The van der Waals surface area contributed by atoms with E-state index >= 15 is 0 Å². The summed E-state index contributed by atoms with van der Waals surface area (Å²) in [6.45, 7) is -0.697. The number of sulfonamides is 1. The average molecular weight is 270 g/mol. The van der Waals surface area contributed by atoms with E-state index in [1.54, 1.807) is 0 Å². The van der Waals surface area contributed by atoms with Gasteiger partial charge in [-0.15, -0.1) is 0 Å². The molecule has 0 atom stereocenters. The minimum absolute atomic E-state index is 0.0246. The second kappa shape index (κ2) is 6.61. The van der Waals surface area contributed by atoms with Gasteiger partial charge in [-0.2, -0.15) is 4.31 Å². The standard InChI is InChI=1S/C10H20F2N2O2S/c11-10(12)8-14(7-6-13)17(15,16)9-4-2-1-3-5-9/h9-10H,1-8,13H2. The van der Waals surface area contributed by atoms with Gasteiger partial charge >= 0.3 is 0 Å². The van der Waals surface area contributed by atoms with E-state index in [4.69, 9.17) is 5.73 Å². The molecule has 1 aliphatic carbocycles. The number of rotatable bonds is 6. The van der Waals surface area contributed by atoms with Gasteiger partial charge in [-0.3, -0.25) is 0 Å². The summed E-state index contributed by atoms with van der Waals surface area (Å²) in [4.78, 5) is 0. The fourth-order valence-corrected chi connectivity index (χ4v) is 4.23. The highest BCUT2D eigenvalue weighted by Crippen LogP contribution is 2.26. The lowest BCUT2D eigenvalue weighted by atomic mass is 10.0. The molecule has 0 saturated heterocycles. The van der Waals surface area contributed by atoms with Crippen LogP contribution in [0.2, 0.25) is 0 Å². The Balaban J connectivity index is 2.74. The summed E-state index contributed by atoms with van der Waals surface area (Å²) in [5.41, 5.74) is 5.28. The first-order chi connectivity index (χ1) is 7.98. The Morgan fingerprint density at radius 2 is 1.82 bits per heavy atom. The Bertz CT molecular complexity index is 316. The molecule has 0 spiro atoms. The Morgan fingerprint density at radius 3 is 2.29 bits per heavy atom. The van der Waals surface area contributed by atoms with Gasteiger partial charge < -0.3 is 5.73 Å². The fraction of sp³-hybridized carbons (Fsp3) is 1.00. The van der Waals surface area contributed by atoms with Gasteiger partial charge in [-0.05, 0) is 12.8 Å². The summed E-state index contributed by atoms with van der Waals surface area (Å²) < 4.78 is 49.9. The van der Waals surface area contributed by atoms with E-state index in [1.165, 1.54) is 0 Å². The highest BCUT2D eigenvalue weighted by Gasteiger charge is 2.33. The highest BCUT2D eigenvalue weighted by molar-refractivity contribution is 7.89. The summed E-state index contributed by atoms with van der Waals surface area (Å²) in [6, 6.07) is 0. The molecule has 0 aromatic heterocycles. The number of hydrogen-bond donors (Lipinski definition) is 1. The van der Waals surface area contributed by atoms with Crippen molar-refractivity contribution >= 4 is 10.0 Å². The van der Waals surface area contributed by atoms with E-state index in [2.05, 4.69) is 0 Å². The van der Waals surface area contributed by atoms with Gasteiger partial charge in [0, 0.05) is 13.1 Å². The lowest BCUT2D eigenvalue weighted by Gasteiger charge is -2.29. The first-order valence-electron chi connectivity index (χ1n) is 5.95. The molecule has 17 heavy (non-hydrogen) atoms.